The number of hydrogen-bond acceptors (Lipinski definition) is 4. The molecule has 0 radical (unpaired) electrons. The van der Waals surface area contributed by atoms with E-state index in [-0.39, 0.29) is 5.91 Å². The molecule has 0 aliphatic rings. The van der Waals surface area contributed by atoms with Crippen molar-refractivity contribution in [1.29, 1.82) is 0 Å². The summed E-state index contributed by atoms with van der Waals surface area (Å²) in [4.78, 5) is 12.6. The van der Waals surface area contributed by atoms with Gasteiger partial charge in [0.2, 0.25) is 5.91 Å². The van der Waals surface area contributed by atoms with Crippen LogP contribution in [0, 0.1) is 0 Å². The zero-order chi connectivity index (χ0) is 12.9. The summed E-state index contributed by atoms with van der Waals surface area (Å²) < 4.78 is 1.02. The summed E-state index contributed by atoms with van der Waals surface area (Å²) in [5, 5.41) is 12.6. The maximum absolute atomic E-state index is 11.6. The van der Waals surface area contributed by atoms with Crippen LogP contribution in [0.5, 0.6) is 0 Å². The molecular weight excluding hydrogens is 322 g/mol. The molecule has 0 aromatic carbocycles. The standard InChI is InChI=1S/C11H16BrNO2S2/c1-11(15,7-16-2)6-13-10(14)5-8-3-4-9(12)17-8/h3-4,15H,5-7H2,1-2H3,(H,13,14). The van der Waals surface area contributed by atoms with Gasteiger partial charge in [0.1, 0.15) is 0 Å². The minimum absolute atomic E-state index is 0.0549. The summed E-state index contributed by atoms with van der Waals surface area (Å²) in [6.07, 6.45) is 2.30. The minimum Gasteiger partial charge on any atom is -0.387 e. The third kappa shape index (κ3) is 5.90. The summed E-state index contributed by atoms with van der Waals surface area (Å²) >= 11 is 6.47. The predicted octanol–water partition coefficient (Wildman–Crippen LogP) is 2.28. The van der Waals surface area contributed by atoms with E-state index in [0.29, 0.717) is 18.7 Å². The molecule has 0 saturated heterocycles. The first-order valence-electron chi connectivity index (χ1n) is 5.15. The molecule has 96 valence electrons. The first-order valence-corrected chi connectivity index (χ1v) is 8.15. The second-order valence-corrected chi connectivity index (χ2v) is 7.50. The fourth-order valence-electron chi connectivity index (χ4n) is 1.32. The Bertz CT molecular complexity index is 379. The monoisotopic (exact) mass is 337 g/mol. The van der Waals surface area contributed by atoms with E-state index in [1.54, 1.807) is 30.0 Å². The van der Waals surface area contributed by atoms with Gasteiger partial charge in [0, 0.05) is 17.2 Å². The third-order valence-electron chi connectivity index (χ3n) is 2.09. The summed E-state index contributed by atoms with van der Waals surface area (Å²) in [6.45, 7) is 2.02. The van der Waals surface area contributed by atoms with E-state index in [9.17, 15) is 9.90 Å². The van der Waals surface area contributed by atoms with E-state index in [1.807, 2.05) is 18.4 Å². The van der Waals surface area contributed by atoms with Crippen LogP contribution in [-0.2, 0) is 11.2 Å². The highest BCUT2D eigenvalue weighted by atomic mass is 79.9. The van der Waals surface area contributed by atoms with Crippen LogP contribution in [0.3, 0.4) is 0 Å². The van der Waals surface area contributed by atoms with Gasteiger partial charge in [-0.15, -0.1) is 11.3 Å². The Morgan fingerprint density at radius 3 is 2.88 bits per heavy atom. The maximum atomic E-state index is 11.6. The van der Waals surface area contributed by atoms with Gasteiger partial charge >= 0.3 is 0 Å². The normalized spacial score (nSPS) is 14.4. The fourth-order valence-corrected chi connectivity index (χ4v) is 3.52. The molecule has 1 rings (SSSR count). The highest BCUT2D eigenvalue weighted by Crippen LogP contribution is 2.22. The second kappa shape index (κ2) is 6.78. The molecule has 1 atom stereocenters. The van der Waals surface area contributed by atoms with Crippen molar-refractivity contribution in [3.05, 3.63) is 20.8 Å². The molecule has 1 unspecified atom stereocenters. The highest BCUT2D eigenvalue weighted by Gasteiger charge is 2.20. The average molecular weight is 338 g/mol. The first-order chi connectivity index (χ1) is 7.93. The van der Waals surface area contributed by atoms with Gasteiger partial charge in [-0.05, 0) is 41.2 Å². The molecule has 0 aliphatic carbocycles. The highest BCUT2D eigenvalue weighted by molar-refractivity contribution is 9.11. The van der Waals surface area contributed by atoms with Crippen LogP contribution in [-0.4, -0.2) is 35.2 Å². The van der Waals surface area contributed by atoms with E-state index in [2.05, 4.69) is 21.2 Å². The molecule has 2 N–H and O–H groups in total. The van der Waals surface area contributed by atoms with Crippen LogP contribution in [0.1, 0.15) is 11.8 Å². The number of thiophene rings is 1. The molecule has 1 aromatic rings. The van der Waals surface area contributed by atoms with Crippen molar-refractivity contribution in [1.82, 2.24) is 5.32 Å². The Morgan fingerprint density at radius 1 is 1.65 bits per heavy atom. The van der Waals surface area contributed by atoms with Crippen molar-refractivity contribution in [2.75, 3.05) is 18.6 Å². The fraction of sp³-hybridized carbons (Fsp3) is 0.545. The molecule has 0 bridgehead atoms. The lowest BCUT2D eigenvalue weighted by Crippen LogP contribution is -2.42. The molecule has 1 amide bonds. The van der Waals surface area contributed by atoms with Gasteiger partial charge in [0.25, 0.3) is 0 Å². The molecule has 17 heavy (non-hydrogen) atoms. The average Bonchev–Trinajstić information content (AvgIpc) is 2.61. The Hall–Kier alpha value is -0.0400. The molecule has 6 heteroatoms. The van der Waals surface area contributed by atoms with Gasteiger partial charge in [0.05, 0.1) is 15.8 Å². The smallest absolute Gasteiger partial charge is 0.225 e. The Morgan fingerprint density at radius 2 is 2.35 bits per heavy atom. The van der Waals surface area contributed by atoms with Crippen molar-refractivity contribution in [3.8, 4) is 0 Å². The van der Waals surface area contributed by atoms with Crippen LogP contribution in [0.25, 0.3) is 0 Å². The molecule has 0 fully saturated rings. The van der Waals surface area contributed by atoms with Crippen LogP contribution >= 0.6 is 39.0 Å². The van der Waals surface area contributed by atoms with Crippen molar-refractivity contribution in [2.45, 2.75) is 18.9 Å². The second-order valence-electron chi connectivity index (χ2n) is 4.09. The number of nitrogens with one attached hydrogen (secondary N) is 1. The molecular formula is C11H16BrNO2S2. The summed E-state index contributed by atoms with van der Waals surface area (Å²) in [5.74, 6) is 0.554. The predicted molar refractivity (Wildman–Crippen MR) is 77.7 cm³/mol. The molecule has 0 spiro atoms. The molecule has 3 nitrogen and oxygen atoms in total. The number of hydrogen-bond donors (Lipinski definition) is 2. The molecule has 1 aromatic heterocycles. The van der Waals surface area contributed by atoms with Gasteiger partial charge < -0.3 is 10.4 Å². The summed E-state index contributed by atoms with van der Waals surface area (Å²) in [5.41, 5.74) is -0.842. The Balaban J connectivity index is 2.35. The van der Waals surface area contributed by atoms with Crippen LogP contribution in [0.2, 0.25) is 0 Å². The van der Waals surface area contributed by atoms with Crippen molar-refractivity contribution >= 4 is 44.9 Å². The van der Waals surface area contributed by atoms with E-state index in [4.69, 9.17) is 0 Å². The lowest BCUT2D eigenvalue weighted by Gasteiger charge is -2.22. The Labute approximate surface area is 118 Å². The molecule has 0 saturated carbocycles. The number of carbonyl (C=O) groups is 1. The van der Waals surface area contributed by atoms with Crippen LogP contribution in [0.15, 0.2) is 15.9 Å². The quantitative estimate of drug-likeness (QED) is 0.837. The molecule has 0 aliphatic heterocycles. The van der Waals surface area contributed by atoms with Crippen molar-refractivity contribution in [3.63, 3.8) is 0 Å². The van der Waals surface area contributed by atoms with Gasteiger partial charge in [-0.1, -0.05) is 0 Å². The van der Waals surface area contributed by atoms with Crippen LogP contribution in [0.4, 0.5) is 0 Å². The van der Waals surface area contributed by atoms with Gasteiger partial charge in [0.15, 0.2) is 0 Å². The number of amides is 1. The van der Waals surface area contributed by atoms with E-state index < -0.39 is 5.60 Å². The van der Waals surface area contributed by atoms with E-state index in [0.717, 1.165) is 8.66 Å². The van der Waals surface area contributed by atoms with E-state index in [1.165, 1.54) is 0 Å². The number of carbonyl (C=O) groups excluding carboxylic acids is 1. The summed E-state index contributed by atoms with van der Waals surface area (Å²) in [7, 11) is 0. The SMILES string of the molecule is CSCC(C)(O)CNC(=O)Cc1ccc(Br)s1. The summed E-state index contributed by atoms with van der Waals surface area (Å²) in [6, 6.07) is 3.85. The topological polar surface area (TPSA) is 49.3 Å². The first kappa shape index (κ1) is 15.0. The zero-order valence-electron chi connectivity index (χ0n) is 9.83. The number of aliphatic hydroxyl groups is 1. The van der Waals surface area contributed by atoms with Crippen molar-refractivity contribution in [2.24, 2.45) is 0 Å². The van der Waals surface area contributed by atoms with Gasteiger partial charge in [-0.25, -0.2) is 0 Å². The van der Waals surface area contributed by atoms with Gasteiger partial charge in [-0.3, -0.25) is 4.79 Å². The largest absolute Gasteiger partial charge is 0.387 e. The van der Waals surface area contributed by atoms with Crippen LogP contribution < -0.4 is 5.32 Å². The zero-order valence-corrected chi connectivity index (χ0v) is 13.0. The van der Waals surface area contributed by atoms with Crippen molar-refractivity contribution < 1.29 is 9.90 Å². The Kier molecular flexibility index (Phi) is 5.99. The number of thioether (sulfide) groups is 1. The maximum Gasteiger partial charge on any atom is 0.225 e. The lowest BCUT2D eigenvalue weighted by atomic mass is 10.1. The lowest BCUT2D eigenvalue weighted by molar-refractivity contribution is -0.121. The molecule has 1 heterocycles. The van der Waals surface area contributed by atoms with E-state index >= 15 is 0 Å². The third-order valence-corrected chi connectivity index (χ3v) is 4.62. The number of rotatable bonds is 6. The minimum atomic E-state index is -0.842. The van der Waals surface area contributed by atoms with Gasteiger partial charge in [-0.2, -0.15) is 11.8 Å². The number of halogens is 1.